The molecule has 0 bridgehead atoms. The van der Waals surface area contributed by atoms with Crippen LogP contribution in [0, 0.1) is 0 Å². The highest BCUT2D eigenvalue weighted by Gasteiger charge is 2.23. The summed E-state index contributed by atoms with van der Waals surface area (Å²) in [5, 5.41) is 0. The fourth-order valence-electron chi connectivity index (χ4n) is 3.71. The molecule has 144 valence electrons. The van der Waals surface area contributed by atoms with E-state index in [1.165, 1.54) is 5.56 Å². The molecule has 0 N–H and O–H groups in total. The Morgan fingerprint density at radius 3 is 2.39 bits per heavy atom. The van der Waals surface area contributed by atoms with E-state index < -0.39 is 5.97 Å². The van der Waals surface area contributed by atoms with Crippen molar-refractivity contribution in [1.82, 2.24) is 4.90 Å². The lowest BCUT2D eigenvalue weighted by Crippen LogP contribution is -2.38. The molecule has 0 unspecified atom stereocenters. The van der Waals surface area contributed by atoms with Crippen molar-refractivity contribution in [3.8, 4) is 0 Å². The molecule has 0 aliphatic carbocycles. The van der Waals surface area contributed by atoms with Crippen LogP contribution >= 0.6 is 0 Å². The van der Waals surface area contributed by atoms with Crippen LogP contribution in [-0.4, -0.2) is 42.4 Å². The van der Waals surface area contributed by atoms with Crippen LogP contribution in [0.5, 0.6) is 0 Å². The maximum atomic E-state index is 12.4. The minimum Gasteiger partial charge on any atom is -0.452 e. The molecule has 2 aromatic carbocycles. The van der Waals surface area contributed by atoms with Crippen LogP contribution in [0.1, 0.15) is 34.3 Å². The molecule has 1 fully saturated rings. The van der Waals surface area contributed by atoms with E-state index in [0.717, 1.165) is 24.1 Å². The van der Waals surface area contributed by atoms with Crippen molar-refractivity contribution in [3.05, 3.63) is 65.2 Å². The summed E-state index contributed by atoms with van der Waals surface area (Å²) >= 11 is 0. The second-order valence-electron chi connectivity index (χ2n) is 7.11. The van der Waals surface area contributed by atoms with Crippen LogP contribution in [0.4, 0.5) is 5.69 Å². The first kappa shape index (κ1) is 18.2. The molecule has 28 heavy (non-hydrogen) atoms. The number of amides is 2. The van der Waals surface area contributed by atoms with Crippen LogP contribution in [-0.2, 0) is 27.3 Å². The summed E-state index contributed by atoms with van der Waals surface area (Å²) in [5.41, 5.74) is 3.55. The molecule has 0 radical (unpaired) electrons. The van der Waals surface area contributed by atoms with Crippen LogP contribution < -0.4 is 4.90 Å². The van der Waals surface area contributed by atoms with Gasteiger partial charge in [-0.1, -0.05) is 24.3 Å². The monoisotopic (exact) mass is 378 g/mol. The molecule has 0 atom stereocenters. The van der Waals surface area contributed by atoms with Crippen LogP contribution in [0.15, 0.2) is 48.5 Å². The maximum Gasteiger partial charge on any atom is 0.338 e. The SMILES string of the molecule is O=C(OCC(=O)N1CCc2ccccc2C1)c1ccc(N2CCCC2=O)cc1. The van der Waals surface area contributed by atoms with E-state index in [2.05, 4.69) is 6.07 Å². The lowest BCUT2D eigenvalue weighted by atomic mass is 10.00. The van der Waals surface area contributed by atoms with Gasteiger partial charge in [0.1, 0.15) is 0 Å². The highest BCUT2D eigenvalue weighted by molar-refractivity contribution is 5.96. The van der Waals surface area contributed by atoms with Crippen molar-refractivity contribution in [2.75, 3.05) is 24.6 Å². The average molecular weight is 378 g/mol. The Morgan fingerprint density at radius 2 is 1.68 bits per heavy atom. The average Bonchev–Trinajstić information content (AvgIpc) is 3.17. The van der Waals surface area contributed by atoms with E-state index in [-0.39, 0.29) is 18.4 Å². The number of benzene rings is 2. The minimum absolute atomic E-state index is 0.101. The Balaban J connectivity index is 1.32. The number of hydrogen-bond donors (Lipinski definition) is 0. The molecule has 0 spiro atoms. The van der Waals surface area contributed by atoms with E-state index in [1.54, 1.807) is 34.1 Å². The van der Waals surface area contributed by atoms with E-state index >= 15 is 0 Å². The Hall–Kier alpha value is -3.15. The molecule has 6 heteroatoms. The topological polar surface area (TPSA) is 66.9 Å². The van der Waals surface area contributed by atoms with E-state index in [4.69, 9.17) is 4.74 Å². The van der Waals surface area contributed by atoms with Crippen LogP contribution in [0.3, 0.4) is 0 Å². The molecule has 6 nitrogen and oxygen atoms in total. The molecule has 2 heterocycles. The molecule has 2 amide bonds. The zero-order valence-corrected chi connectivity index (χ0v) is 15.6. The van der Waals surface area contributed by atoms with E-state index in [9.17, 15) is 14.4 Å². The fourth-order valence-corrected chi connectivity index (χ4v) is 3.71. The van der Waals surface area contributed by atoms with Crippen molar-refractivity contribution in [2.45, 2.75) is 25.8 Å². The number of esters is 1. The van der Waals surface area contributed by atoms with Gasteiger partial charge in [0.15, 0.2) is 6.61 Å². The van der Waals surface area contributed by atoms with Crippen molar-refractivity contribution >= 4 is 23.5 Å². The summed E-state index contributed by atoms with van der Waals surface area (Å²) < 4.78 is 5.21. The number of anilines is 1. The van der Waals surface area contributed by atoms with Crippen molar-refractivity contribution in [3.63, 3.8) is 0 Å². The molecule has 2 aliphatic rings. The standard InChI is InChI=1S/C22H22N2O4/c25-20-6-3-12-24(20)19-9-7-17(8-10-19)22(27)28-15-21(26)23-13-11-16-4-1-2-5-18(16)14-23/h1-2,4-5,7-10H,3,6,11-15H2. The van der Waals surface area contributed by atoms with Crippen molar-refractivity contribution in [2.24, 2.45) is 0 Å². The number of nitrogens with zero attached hydrogens (tertiary/aromatic N) is 2. The number of fused-ring (bicyclic) bond motifs is 1. The highest BCUT2D eigenvalue weighted by atomic mass is 16.5. The molecule has 2 aliphatic heterocycles. The molecular formula is C22H22N2O4. The first-order valence-corrected chi connectivity index (χ1v) is 9.54. The van der Waals surface area contributed by atoms with Crippen molar-refractivity contribution < 1.29 is 19.1 Å². The number of hydrogen-bond acceptors (Lipinski definition) is 4. The molecule has 0 saturated carbocycles. The van der Waals surface area contributed by atoms with Crippen LogP contribution in [0.25, 0.3) is 0 Å². The van der Waals surface area contributed by atoms with Gasteiger partial charge >= 0.3 is 5.97 Å². The Bertz CT molecular complexity index is 907. The van der Waals surface area contributed by atoms with Gasteiger partial charge in [-0.3, -0.25) is 9.59 Å². The first-order valence-electron chi connectivity index (χ1n) is 9.54. The summed E-state index contributed by atoms with van der Waals surface area (Å²) in [5.74, 6) is -0.628. The van der Waals surface area contributed by atoms with Gasteiger partial charge in [0.25, 0.3) is 5.91 Å². The number of ether oxygens (including phenoxy) is 1. The smallest absolute Gasteiger partial charge is 0.338 e. The van der Waals surface area contributed by atoms with Gasteiger partial charge in [-0.15, -0.1) is 0 Å². The fraction of sp³-hybridized carbons (Fsp3) is 0.318. The van der Waals surface area contributed by atoms with Gasteiger partial charge in [0, 0.05) is 31.7 Å². The normalized spacial score (nSPS) is 16.1. The van der Waals surface area contributed by atoms with Gasteiger partial charge in [0.2, 0.25) is 5.91 Å². The second kappa shape index (κ2) is 7.84. The number of carbonyl (C=O) groups is 3. The van der Waals surface area contributed by atoms with Crippen LogP contribution in [0.2, 0.25) is 0 Å². The maximum absolute atomic E-state index is 12.4. The zero-order chi connectivity index (χ0) is 19.5. The minimum atomic E-state index is -0.537. The molecule has 1 saturated heterocycles. The van der Waals surface area contributed by atoms with E-state index in [0.29, 0.717) is 31.6 Å². The first-order chi connectivity index (χ1) is 13.6. The Morgan fingerprint density at radius 1 is 0.929 bits per heavy atom. The molecule has 2 aromatic rings. The predicted octanol–water partition coefficient (Wildman–Crippen LogP) is 2.56. The van der Waals surface area contributed by atoms with Gasteiger partial charge in [0.05, 0.1) is 5.56 Å². The van der Waals surface area contributed by atoms with Crippen molar-refractivity contribution in [1.29, 1.82) is 0 Å². The van der Waals surface area contributed by atoms with Gasteiger partial charge in [-0.25, -0.2) is 4.79 Å². The summed E-state index contributed by atoms with van der Waals surface area (Å²) in [4.78, 5) is 39.9. The quantitative estimate of drug-likeness (QED) is 0.767. The van der Waals surface area contributed by atoms with Gasteiger partial charge in [-0.05, 0) is 48.2 Å². The molecular weight excluding hydrogens is 356 g/mol. The second-order valence-corrected chi connectivity index (χ2v) is 7.11. The number of carbonyl (C=O) groups excluding carboxylic acids is 3. The summed E-state index contributed by atoms with van der Waals surface area (Å²) in [6.45, 7) is 1.61. The Kier molecular flexibility index (Phi) is 5.10. The zero-order valence-electron chi connectivity index (χ0n) is 15.6. The summed E-state index contributed by atoms with van der Waals surface area (Å²) in [6, 6.07) is 14.8. The van der Waals surface area contributed by atoms with E-state index in [1.807, 2.05) is 18.2 Å². The largest absolute Gasteiger partial charge is 0.452 e. The summed E-state index contributed by atoms with van der Waals surface area (Å²) in [7, 11) is 0. The molecule has 4 rings (SSSR count). The van der Waals surface area contributed by atoms with Gasteiger partial charge < -0.3 is 14.5 Å². The Labute approximate surface area is 163 Å². The lowest BCUT2D eigenvalue weighted by molar-refractivity contribution is -0.135. The number of rotatable bonds is 4. The lowest BCUT2D eigenvalue weighted by Gasteiger charge is -2.28. The summed E-state index contributed by atoms with van der Waals surface area (Å²) in [6.07, 6.45) is 2.23. The highest BCUT2D eigenvalue weighted by Crippen LogP contribution is 2.22. The molecule has 0 aromatic heterocycles. The third-order valence-electron chi connectivity index (χ3n) is 5.30. The van der Waals surface area contributed by atoms with Gasteiger partial charge in [-0.2, -0.15) is 0 Å². The third kappa shape index (κ3) is 3.76. The predicted molar refractivity (Wildman–Crippen MR) is 104 cm³/mol. The third-order valence-corrected chi connectivity index (χ3v) is 5.30.